The van der Waals surface area contributed by atoms with Crippen molar-refractivity contribution in [3.63, 3.8) is 0 Å². The summed E-state index contributed by atoms with van der Waals surface area (Å²) in [7, 11) is 1.68. The second kappa shape index (κ2) is 14.9. The molecule has 0 bridgehead atoms. The van der Waals surface area contributed by atoms with Crippen LogP contribution in [0.5, 0.6) is 0 Å². The molecule has 0 aliphatic rings. The van der Waals surface area contributed by atoms with E-state index in [0.717, 1.165) is 39.2 Å². The molecule has 0 aromatic carbocycles. The molecular weight excluding hydrogens is 230 g/mol. The van der Waals surface area contributed by atoms with Crippen molar-refractivity contribution in [2.75, 3.05) is 46.7 Å². The van der Waals surface area contributed by atoms with Crippen molar-refractivity contribution in [3.8, 4) is 0 Å². The Morgan fingerprint density at radius 3 is 2.17 bits per heavy atom. The number of hydrogen-bond acceptors (Lipinski definition) is 4. The molecule has 0 amide bonds. The lowest BCUT2D eigenvalue weighted by molar-refractivity contribution is 0.0506. The molecule has 0 aliphatic carbocycles. The average molecular weight is 261 g/mol. The summed E-state index contributed by atoms with van der Waals surface area (Å²) in [5.74, 6) is 0. The van der Waals surface area contributed by atoms with Gasteiger partial charge in [0.1, 0.15) is 0 Å². The molecule has 1 N–H and O–H groups in total. The number of methoxy groups -OCH3 is 1. The summed E-state index contributed by atoms with van der Waals surface area (Å²) in [6, 6.07) is 0.649. The van der Waals surface area contributed by atoms with Crippen molar-refractivity contribution in [3.05, 3.63) is 0 Å². The summed E-state index contributed by atoms with van der Waals surface area (Å²) in [6.45, 7) is 9.21. The molecule has 0 rings (SSSR count). The highest BCUT2D eigenvalue weighted by Gasteiger charge is 2.03. The van der Waals surface area contributed by atoms with Gasteiger partial charge in [0.25, 0.3) is 0 Å². The number of nitrogens with one attached hydrogen (secondary N) is 1. The minimum absolute atomic E-state index is 0.649. The predicted molar refractivity (Wildman–Crippen MR) is 75.1 cm³/mol. The van der Waals surface area contributed by atoms with Gasteiger partial charge in [0.2, 0.25) is 0 Å². The second-order valence-electron chi connectivity index (χ2n) is 4.38. The van der Waals surface area contributed by atoms with Crippen LogP contribution in [0.25, 0.3) is 0 Å². The monoisotopic (exact) mass is 261 g/mol. The first kappa shape index (κ1) is 17.8. The Morgan fingerprint density at radius 1 is 0.889 bits per heavy atom. The van der Waals surface area contributed by atoms with Crippen LogP contribution in [0.15, 0.2) is 0 Å². The number of rotatable bonds is 14. The molecule has 0 aromatic heterocycles. The zero-order chi connectivity index (χ0) is 13.5. The van der Waals surface area contributed by atoms with Crippen molar-refractivity contribution < 1.29 is 14.2 Å². The summed E-state index contributed by atoms with van der Waals surface area (Å²) in [5.41, 5.74) is 0. The van der Waals surface area contributed by atoms with Crippen LogP contribution >= 0.6 is 0 Å². The van der Waals surface area contributed by atoms with Gasteiger partial charge >= 0.3 is 0 Å². The zero-order valence-corrected chi connectivity index (χ0v) is 12.4. The highest BCUT2D eigenvalue weighted by molar-refractivity contribution is 4.63. The van der Waals surface area contributed by atoms with Crippen LogP contribution in [0.1, 0.15) is 39.5 Å². The Labute approximate surface area is 112 Å². The first-order valence-electron chi connectivity index (χ1n) is 7.22. The van der Waals surface area contributed by atoms with E-state index in [0.29, 0.717) is 19.3 Å². The number of hydrogen-bond donors (Lipinski definition) is 1. The third kappa shape index (κ3) is 12.3. The number of ether oxygens (including phenoxy) is 3. The molecule has 4 heteroatoms. The molecule has 18 heavy (non-hydrogen) atoms. The minimum Gasteiger partial charge on any atom is -0.382 e. The normalized spacial score (nSPS) is 12.8. The lowest BCUT2D eigenvalue weighted by atomic mass is 10.1. The van der Waals surface area contributed by atoms with Gasteiger partial charge in [-0.3, -0.25) is 0 Å². The summed E-state index contributed by atoms with van der Waals surface area (Å²) < 4.78 is 15.8. The van der Waals surface area contributed by atoms with Gasteiger partial charge in [-0.1, -0.05) is 13.8 Å². The van der Waals surface area contributed by atoms with Crippen molar-refractivity contribution >= 4 is 0 Å². The summed E-state index contributed by atoms with van der Waals surface area (Å²) in [5, 5.41) is 3.48. The first-order chi connectivity index (χ1) is 8.85. The van der Waals surface area contributed by atoms with Gasteiger partial charge in [-0.15, -0.1) is 0 Å². The lowest BCUT2D eigenvalue weighted by Gasteiger charge is -2.15. The molecule has 0 fully saturated rings. The maximum Gasteiger partial charge on any atom is 0.0700 e. The second-order valence-corrected chi connectivity index (χ2v) is 4.38. The molecular formula is C14H31NO3. The van der Waals surface area contributed by atoms with E-state index < -0.39 is 0 Å². The van der Waals surface area contributed by atoms with Crippen LogP contribution in [0.2, 0.25) is 0 Å². The van der Waals surface area contributed by atoms with Crippen LogP contribution in [0.4, 0.5) is 0 Å². The van der Waals surface area contributed by atoms with E-state index in [-0.39, 0.29) is 0 Å². The van der Waals surface area contributed by atoms with E-state index in [1.807, 2.05) is 0 Å². The standard InChI is InChI=1S/C14H31NO3/c1-4-14(15-5-2)8-6-9-17-10-7-11-18-13-12-16-3/h14-15H,4-13H2,1-3H3. The fourth-order valence-corrected chi connectivity index (χ4v) is 1.78. The van der Waals surface area contributed by atoms with E-state index in [4.69, 9.17) is 14.2 Å². The molecule has 0 aliphatic heterocycles. The fourth-order valence-electron chi connectivity index (χ4n) is 1.78. The predicted octanol–water partition coefficient (Wildman–Crippen LogP) is 2.22. The van der Waals surface area contributed by atoms with Gasteiger partial charge in [-0.25, -0.2) is 0 Å². The van der Waals surface area contributed by atoms with E-state index >= 15 is 0 Å². The maximum absolute atomic E-state index is 5.57. The summed E-state index contributed by atoms with van der Waals surface area (Å²) >= 11 is 0. The van der Waals surface area contributed by atoms with Crippen LogP contribution in [0.3, 0.4) is 0 Å². The molecule has 0 heterocycles. The van der Waals surface area contributed by atoms with Crippen LogP contribution in [0, 0.1) is 0 Å². The highest BCUT2D eigenvalue weighted by Crippen LogP contribution is 2.01. The van der Waals surface area contributed by atoms with E-state index in [1.165, 1.54) is 12.8 Å². The van der Waals surface area contributed by atoms with Gasteiger partial charge < -0.3 is 19.5 Å². The van der Waals surface area contributed by atoms with Crippen LogP contribution in [-0.4, -0.2) is 52.7 Å². The minimum atomic E-state index is 0.649. The van der Waals surface area contributed by atoms with Gasteiger partial charge in [0.05, 0.1) is 13.2 Å². The Balaban J connectivity index is 3.10. The Hall–Kier alpha value is -0.160. The molecule has 110 valence electrons. The first-order valence-corrected chi connectivity index (χ1v) is 7.22. The molecule has 0 spiro atoms. The molecule has 0 saturated heterocycles. The van der Waals surface area contributed by atoms with Gasteiger partial charge in [0.15, 0.2) is 0 Å². The highest BCUT2D eigenvalue weighted by atomic mass is 16.5. The van der Waals surface area contributed by atoms with E-state index in [2.05, 4.69) is 19.2 Å². The smallest absolute Gasteiger partial charge is 0.0700 e. The zero-order valence-electron chi connectivity index (χ0n) is 12.4. The molecule has 0 saturated carbocycles. The average Bonchev–Trinajstić information content (AvgIpc) is 2.39. The molecule has 1 atom stereocenters. The van der Waals surface area contributed by atoms with Crippen molar-refractivity contribution in [1.82, 2.24) is 5.32 Å². The molecule has 0 radical (unpaired) electrons. The fraction of sp³-hybridized carbons (Fsp3) is 1.00. The third-order valence-electron chi connectivity index (χ3n) is 2.84. The largest absolute Gasteiger partial charge is 0.382 e. The van der Waals surface area contributed by atoms with Gasteiger partial charge in [0, 0.05) is 33.0 Å². The molecule has 0 aromatic rings. The lowest BCUT2D eigenvalue weighted by Crippen LogP contribution is -2.28. The van der Waals surface area contributed by atoms with Crippen LogP contribution < -0.4 is 5.32 Å². The Bertz CT molecular complexity index is 156. The van der Waals surface area contributed by atoms with Crippen molar-refractivity contribution in [2.24, 2.45) is 0 Å². The Morgan fingerprint density at radius 2 is 1.56 bits per heavy atom. The quantitative estimate of drug-likeness (QED) is 0.487. The topological polar surface area (TPSA) is 39.7 Å². The summed E-state index contributed by atoms with van der Waals surface area (Å²) in [6.07, 6.45) is 4.50. The van der Waals surface area contributed by atoms with Crippen LogP contribution in [-0.2, 0) is 14.2 Å². The van der Waals surface area contributed by atoms with Crippen molar-refractivity contribution in [2.45, 2.75) is 45.6 Å². The maximum atomic E-state index is 5.57. The SMILES string of the molecule is CCNC(CC)CCCOCCCOCCOC. The van der Waals surface area contributed by atoms with Gasteiger partial charge in [-0.2, -0.15) is 0 Å². The van der Waals surface area contributed by atoms with Crippen molar-refractivity contribution in [1.29, 1.82) is 0 Å². The Kier molecular flexibility index (Phi) is 14.8. The van der Waals surface area contributed by atoms with E-state index in [9.17, 15) is 0 Å². The molecule has 1 unspecified atom stereocenters. The summed E-state index contributed by atoms with van der Waals surface area (Å²) in [4.78, 5) is 0. The molecule has 4 nitrogen and oxygen atoms in total. The van der Waals surface area contributed by atoms with E-state index in [1.54, 1.807) is 7.11 Å². The third-order valence-corrected chi connectivity index (χ3v) is 2.84. The van der Waals surface area contributed by atoms with Gasteiger partial charge in [-0.05, 0) is 32.2 Å².